The van der Waals surface area contributed by atoms with Crippen LogP contribution in [0.3, 0.4) is 0 Å². The molecule has 1 aromatic carbocycles. The highest BCUT2D eigenvalue weighted by molar-refractivity contribution is 5.98. The molecule has 1 atom stereocenters. The number of carbonyl (C=O) groups is 1. The van der Waals surface area contributed by atoms with Crippen LogP contribution in [0.15, 0.2) is 18.2 Å². The lowest BCUT2D eigenvalue weighted by molar-refractivity contribution is -0.184. The summed E-state index contributed by atoms with van der Waals surface area (Å²) < 4.78 is 43.2. The first-order chi connectivity index (χ1) is 9.63. The monoisotopic (exact) mass is 306 g/mol. The smallest absolute Gasteiger partial charge is 0.415 e. The Labute approximate surface area is 119 Å². The third kappa shape index (κ3) is 3.85. The predicted octanol–water partition coefficient (Wildman–Crippen LogP) is 1.80. The molecule has 4 N–H and O–H groups in total. The average Bonchev–Trinajstić information content (AvgIpc) is 2.39. The van der Waals surface area contributed by atoms with Crippen molar-refractivity contribution in [3.8, 4) is 5.75 Å². The van der Waals surface area contributed by atoms with E-state index in [-0.39, 0.29) is 12.3 Å². The lowest BCUT2D eigenvalue weighted by atomic mass is 10.0. The average molecular weight is 306 g/mol. The van der Waals surface area contributed by atoms with E-state index in [4.69, 9.17) is 10.5 Å². The molecule has 0 heterocycles. The van der Waals surface area contributed by atoms with E-state index in [2.05, 4.69) is 5.32 Å². The molecule has 1 rings (SSSR count). The Morgan fingerprint density at radius 1 is 1.43 bits per heavy atom. The third-order valence-corrected chi connectivity index (χ3v) is 2.85. The number of amides is 1. The summed E-state index contributed by atoms with van der Waals surface area (Å²) >= 11 is 0. The number of aliphatic hydroxyl groups is 1. The van der Waals surface area contributed by atoms with Crippen LogP contribution < -0.4 is 15.8 Å². The van der Waals surface area contributed by atoms with E-state index in [1.54, 1.807) is 6.92 Å². The van der Waals surface area contributed by atoms with Gasteiger partial charge in [-0.2, -0.15) is 13.2 Å². The van der Waals surface area contributed by atoms with Crippen molar-refractivity contribution in [1.29, 1.82) is 0 Å². The number of anilines is 1. The molecule has 8 heteroatoms. The number of rotatable bonds is 5. The molecular formula is C13H17F3N2O3. The molecule has 0 aliphatic rings. The second kappa shape index (κ2) is 6.31. The van der Waals surface area contributed by atoms with Gasteiger partial charge in [0.15, 0.2) is 5.54 Å². The van der Waals surface area contributed by atoms with E-state index in [9.17, 15) is 23.1 Å². The van der Waals surface area contributed by atoms with Crippen LogP contribution in [-0.4, -0.2) is 29.3 Å². The molecule has 5 nitrogen and oxygen atoms in total. The Morgan fingerprint density at radius 3 is 2.52 bits per heavy atom. The van der Waals surface area contributed by atoms with Gasteiger partial charge < -0.3 is 20.9 Å². The van der Waals surface area contributed by atoms with E-state index in [0.717, 1.165) is 0 Å². The molecule has 118 valence electrons. The maximum Gasteiger partial charge on any atom is 0.415 e. The van der Waals surface area contributed by atoms with Crippen LogP contribution in [0.1, 0.15) is 19.4 Å². The molecule has 0 aromatic heterocycles. The fraction of sp³-hybridized carbons (Fsp3) is 0.462. The quantitative estimate of drug-likeness (QED) is 0.774. The number of benzene rings is 1. The summed E-state index contributed by atoms with van der Waals surface area (Å²) in [6.45, 7) is 2.33. The normalized spacial score (nSPS) is 14.4. The molecule has 0 fully saturated rings. The summed E-state index contributed by atoms with van der Waals surface area (Å²) in [5, 5.41) is 11.3. The number of halogens is 3. The van der Waals surface area contributed by atoms with E-state index in [1.807, 2.05) is 0 Å². The maximum atomic E-state index is 12.7. The van der Waals surface area contributed by atoms with Crippen molar-refractivity contribution in [1.82, 2.24) is 0 Å². The van der Waals surface area contributed by atoms with Gasteiger partial charge in [0.25, 0.3) is 5.91 Å². The molecule has 1 aromatic rings. The fourth-order valence-corrected chi connectivity index (χ4v) is 1.47. The van der Waals surface area contributed by atoms with Gasteiger partial charge in [-0.1, -0.05) is 0 Å². The van der Waals surface area contributed by atoms with Crippen molar-refractivity contribution in [3.05, 3.63) is 23.8 Å². The molecule has 0 aliphatic carbocycles. The number of nitrogens with two attached hydrogens (primary N) is 1. The lowest BCUT2D eigenvalue weighted by Gasteiger charge is -2.26. The SMILES string of the molecule is CCOc1ccc(NC(=O)C(C)(N)C(F)(F)F)cc1CO. The zero-order chi connectivity index (χ0) is 16.3. The largest absolute Gasteiger partial charge is 0.494 e. The summed E-state index contributed by atoms with van der Waals surface area (Å²) in [4.78, 5) is 11.6. The van der Waals surface area contributed by atoms with Crippen molar-refractivity contribution in [2.75, 3.05) is 11.9 Å². The Balaban J connectivity index is 2.96. The zero-order valence-electron chi connectivity index (χ0n) is 11.6. The minimum absolute atomic E-state index is 0.0911. The molecule has 21 heavy (non-hydrogen) atoms. The minimum atomic E-state index is -4.87. The summed E-state index contributed by atoms with van der Waals surface area (Å²) in [6, 6.07) is 4.15. The highest BCUT2D eigenvalue weighted by Crippen LogP contribution is 2.30. The van der Waals surface area contributed by atoms with E-state index < -0.39 is 17.6 Å². The first-order valence-corrected chi connectivity index (χ1v) is 6.17. The van der Waals surface area contributed by atoms with Crippen LogP contribution in [0.2, 0.25) is 0 Å². The van der Waals surface area contributed by atoms with Gasteiger partial charge >= 0.3 is 6.18 Å². The number of hydrogen-bond donors (Lipinski definition) is 3. The van der Waals surface area contributed by atoms with Crippen molar-refractivity contribution in [2.24, 2.45) is 5.73 Å². The third-order valence-electron chi connectivity index (χ3n) is 2.85. The molecule has 0 saturated carbocycles. The van der Waals surface area contributed by atoms with Gasteiger partial charge in [-0.3, -0.25) is 4.79 Å². The second-order valence-electron chi connectivity index (χ2n) is 4.57. The van der Waals surface area contributed by atoms with Crippen molar-refractivity contribution < 1.29 is 27.8 Å². The maximum absolute atomic E-state index is 12.7. The number of alkyl halides is 3. The first kappa shape index (κ1) is 17.3. The van der Waals surface area contributed by atoms with Gasteiger partial charge in [-0.15, -0.1) is 0 Å². The number of nitrogens with one attached hydrogen (secondary N) is 1. The zero-order valence-corrected chi connectivity index (χ0v) is 11.6. The summed E-state index contributed by atoms with van der Waals surface area (Å²) in [5.74, 6) is -0.993. The van der Waals surface area contributed by atoms with E-state index >= 15 is 0 Å². The number of aliphatic hydroxyl groups excluding tert-OH is 1. The van der Waals surface area contributed by atoms with Crippen LogP contribution in [0, 0.1) is 0 Å². The van der Waals surface area contributed by atoms with Crippen molar-refractivity contribution in [2.45, 2.75) is 32.2 Å². The molecule has 0 radical (unpaired) electrons. The van der Waals surface area contributed by atoms with Crippen LogP contribution in [0.5, 0.6) is 5.75 Å². The molecule has 0 aliphatic heterocycles. The first-order valence-electron chi connectivity index (χ1n) is 6.17. The van der Waals surface area contributed by atoms with Gasteiger partial charge in [0.05, 0.1) is 13.2 Å². The second-order valence-corrected chi connectivity index (χ2v) is 4.57. The van der Waals surface area contributed by atoms with Crippen LogP contribution in [0.4, 0.5) is 18.9 Å². The molecule has 0 saturated heterocycles. The summed E-state index contributed by atoms with van der Waals surface area (Å²) in [5.41, 5.74) is 2.45. The topological polar surface area (TPSA) is 84.6 Å². The highest BCUT2D eigenvalue weighted by atomic mass is 19.4. The molecule has 0 spiro atoms. The number of ether oxygens (including phenoxy) is 1. The fourth-order valence-electron chi connectivity index (χ4n) is 1.47. The van der Waals surface area contributed by atoms with Gasteiger partial charge in [0.1, 0.15) is 5.75 Å². The standard InChI is InChI=1S/C13H17F3N2O3/c1-3-21-10-5-4-9(6-8(10)7-19)18-11(20)12(2,17)13(14,15)16/h4-6,19H,3,7,17H2,1-2H3,(H,18,20). The van der Waals surface area contributed by atoms with Gasteiger partial charge in [-0.05, 0) is 32.0 Å². The van der Waals surface area contributed by atoms with Crippen molar-refractivity contribution in [3.63, 3.8) is 0 Å². The lowest BCUT2D eigenvalue weighted by Crippen LogP contribution is -2.59. The molecule has 1 unspecified atom stereocenters. The Hall–Kier alpha value is -1.80. The summed E-state index contributed by atoms with van der Waals surface area (Å²) in [6.07, 6.45) is -4.87. The Bertz CT molecular complexity index is 516. The van der Waals surface area contributed by atoms with E-state index in [1.165, 1.54) is 18.2 Å². The Morgan fingerprint density at radius 2 is 2.05 bits per heavy atom. The van der Waals surface area contributed by atoms with Crippen LogP contribution in [-0.2, 0) is 11.4 Å². The van der Waals surface area contributed by atoms with Crippen molar-refractivity contribution >= 4 is 11.6 Å². The number of carbonyl (C=O) groups excluding carboxylic acids is 1. The van der Waals surface area contributed by atoms with Gasteiger partial charge in [0.2, 0.25) is 0 Å². The molecular weight excluding hydrogens is 289 g/mol. The van der Waals surface area contributed by atoms with E-state index in [0.29, 0.717) is 24.8 Å². The highest BCUT2D eigenvalue weighted by Gasteiger charge is 2.53. The Kier molecular flexibility index (Phi) is 5.19. The predicted molar refractivity (Wildman–Crippen MR) is 70.8 cm³/mol. The van der Waals surface area contributed by atoms with Gasteiger partial charge in [-0.25, -0.2) is 0 Å². The van der Waals surface area contributed by atoms with Crippen LogP contribution in [0.25, 0.3) is 0 Å². The number of hydrogen-bond acceptors (Lipinski definition) is 4. The van der Waals surface area contributed by atoms with Gasteiger partial charge in [0, 0.05) is 11.3 Å². The van der Waals surface area contributed by atoms with Crippen LogP contribution >= 0.6 is 0 Å². The molecule has 1 amide bonds. The minimum Gasteiger partial charge on any atom is -0.494 e. The summed E-state index contributed by atoms with van der Waals surface area (Å²) in [7, 11) is 0. The molecule has 0 bridgehead atoms.